The molecule has 0 amide bonds. The summed E-state index contributed by atoms with van der Waals surface area (Å²) in [5, 5.41) is 11.6. The van der Waals surface area contributed by atoms with Crippen LogP contribution in [-0.2, 0) is 11.0 Å². The lowest BCUT2D eigenvalue weighted by Crippen LogP contribution is -2.55. The normalized spacial score (nSPS) is 29.2. The van der Waals surface area contributed by atoms with Crippen LogP contribution in [0.3, 0.4) is 0 Å². The molecule has 9 heteroatoms. The second kappa shape index (κ2) is 10.1. The highest BCUT2D eigenvalue weighted by Crippen LogP contribution is 2.43. The van der Waals surface area contributed by atoms with Crippen LogP contribution in [-0.4, -0.2) is 39.3 Å². The van der Waals surface area contributed by atoms with Crippen molar-refractivity contribution in [3.63, 3.8) is 0 Å². The van der Waals surface area contributed by atoms with E-state index in [2.05, 4.69) is 22.3 Å². The Labute approximate surface area is 209 Å². The molecule has 1 aliphatic carbocycles. The molecule has 2 bridgehead atoms. The van der Waals surface area contributed by atoms with E-state index in [1.807, 2.05) is 0 Å². The average molecular weight is 506 g/mol. The molecule has 2 atom stereocenters. The summed E-state index contributed by atoms with van der Waals surface area (Å²) in [4.78, 5) is 16.0. The van der Waals surface area contributed by atoms with Gasteiger partial charge in [-0.25, -0.2) is 9.99 Å². The van der Waals surface area contributed by atoms with Crippen LogP contribution in [0.2, 0.25) is 0 Å². The first kappa shape index (κ1) is 25.1. The van der Waals surface area contributed by atoms with Crippen LogP contribution in [0.5, 0.6) is 5.75 Å². The Kier molecular flexibility index (Phi) is 7.03. The van der Waals surface area contributed by atoms with E-state index in [4.69, 9.17) is 4.74 Å². The van der Waals surface area contributed by atoms with Crippen LogP contribution >= 0.6 is 0 Å². The lowest BCUT2D eigenvalue weighted by Gasteiger charge is -2.47. The molecule has 0 radical (unpaired) electrons. The number of carboxylic acid groups (broad SMARTS) is 1. The molecule has 196 valence electrons. The summed E-state index contributed by atoms with van der Waals surface area (Å²) in [7, 11) is 0. The number of fused-ring (bicyclic) bond motifs is 3. The van der Waals surface area contributed by atoms with Crippen molar-refractivity contribution >= 4 is 22.7 Å². The summed E-state index contributed by atoms with van der Waals surface area (Å²) in [5.74, 6) is -0.136. The Morgan fingerprint density at radius 1 is 1.08 bits per heavy atom. The number of piperidine rings is 2. The van der Waals surface area contributed by atoms with Gasteiger partial charge in [0.1, 0.15) is 17.1 Å². The van der Waals surface area contributed by atoms with Gasteiger partial charge in [0.2, 0.25) is 0 Å². The van der Waals surface area contributed by atoms with Crippen molar-refractivity contribution < 1.29 is 27.8 Å². The van der Waals surface area contributed by atoms with Crippen molar-refractivity contribution in [2.75, 3.05) is 5.43 Å². The summed E-state index contributed by atoms with van der Waals surface area (Å²) >= 11 is 0. The van der Waals surface area contributed by atoms with Crippen molar-refractivity contribution in [1.82, 2.24) is 9.99 Å². The number of nitrogens with one attached hydrogen (secondary N) is 1. The van der Waals surface area contributed by atoms with Gasteiger partial charge in [-0.2, -0.15) is 13.2 Å². The van der Waals surface area contributed by atoms with E-state index in [-0.39, 0.29) is 40.8 Å². The fourth-order valence-electron chi connectivity index (χ4n) is 6.37. The summed E-state index contributed by atoms with van der Waals surface area (Å²) in [6, 6.07) is 6.18. The number of benzene rings is 1. The maximum Gasteiger partial charge on any atom is 0.420 e. The molecule has 1 aromatic carbocycles. The van der Waals surface area contributed by atoms with Gasteiger partial charge in [-0.05, 0) is 81.5 Å². The van der Waals surface area contributed by atoms with Gasteiger partial charge < -0.3 is 15.3 Å². The Morgan fingerprint density at radius 3 is 2.39 bits per heavy atom. The highest BCUT2D eigenvalue weighted by Gasteiger charge is 2.41. The van der Waals surface area contributed by atoms with Crippen molar-refractivity contribution in [1.29, 1.82) is 0 Å². The van der Waals surface area contributed by atoms with Gasteiger partial charge in [-0.3, -0.25) is 4.79 Å². The number of carbonyl (C=O) groups is 1. The lowest BCUT2D eigenvalue weighted by atomic mass is 9.79. The number of carboxylic acids is 1. The molecule has 3 fully saturated rings. The van der Waals surface area contributed by atoms with Crippen LogP contribution in [0.25, 0.3) is 10.9 Å². The highest BCUT2D eigenvalue weighted by molar-refractivity contribution is 5.86. The van der Waals surface area contributed by atoms with Crippen LogP contribution < -0.4 is 10.2 Å². The summed E-state index contributed by atoms with van der Waals surface area (Å²) in [6.07, 6.45) is 3.79. The SMILES string of the molecule is CCC1CCC(Oc2ccc3nc(NN4C5CCCC4CC(C(=O)O)C5)ccc3c2C(F)(F)F)CC1. The number of anilines is 1. The van der Waals surface area contributed by atoms with E-state index in [9.17, 15) is 23.1 Å². The van der Waals surface area contributed by atoms with E-state index in [0.717, 1.165) is 51.4 Å². The van der Waals surface area contributed by atoms with E-state index in [1.165, 1.54) is 12.1 Å². The number of halogens is 3. The molecule has 5 rings (SSSR count). The van der Waals surface area contributed by atoms with Crippen LogP contribution in [0.15, 0.2) is 24.3 Å². The fourth-order valence-corrected chi connectivity index (χ4v) is 6.37. The lowest BCUT2D eigenvalue weighted by molar-refractivity contribution is -0.145. The smallest absolute Gasteiger partial charge is 0.420 e. The van der Waals surface area contributed by atoms with Gasteiger partial charge in [0.05, 0.1) is 17.5 Å². The van der Waals surface area contributed by atoms with Gasteiger partial charge in [-0.15, -0.1) is 0 Å². The van der Waals surface area contributed by atoms with E-state index in [0.29, 0.717) is 24.6 Å². The number of aromatic nitrogens is 1. The van der Waals surface area contributed by atoms with Crippen LogP contribution in [0, 0.1) is 11.8 Å². The van der Waals surface area contributed by atoms with Gasteiger partial charge >= 0.3 is 12.1 Å². The Morgan fingerprint density at radius 2 is 1.78 bits per heavy atom. The number of hydrazine groups is 1. The summed E-state index contributed by atoms with van der Waals surface area (Å²) in [5.41, 5.74) is 2.78. The molecule has 2 aromatic rings. The second-order valence-electron chi connectivity index (χ2n) is 10.6. The third-order valence-electron chi connectivity index (χ3n) is 8.35. The number of hydrogen-bond donors (Lipinski definition) is 2. The highest BCUT2D eigenvalue weighted by atomic mass is 19.4. The van der Waals surface area contributed by atoms with Crippen molar-refractivity contribution in [2.45, 2.75) is 95.5 Å². The average Bonchev–Trinajstić information content (AvgIpc) is 2.83. The zero-order valence-corrected chi connectivity index (χ0v) is 20.6. The Bertz CT molecular complexity index is 1090. The Balaban J connectivity index is 1.38. The minimum atomic E-state index is -4.57. The molecular weight excluding hydrogens is 471 g/mol. The minimum absolute atomic E-state index is 0.0255. The predicted molar refractivity (Wildman–Crippen MR) is 131 cm³/mol. The molecule has 2 aliphatic heterocycles. The molecule has 2 N–H and O–H groups in total. The largest absolute Gasteiger partial charge is 0.490 e. The second-order valence-corrected chi connectivity index (χ2v) is 10.6. The molecule has 3 aliphatic rings. The first-order chi connectivity index (χ1) is 17.2. The van der Waals surface area contributed by atoms with Gasteiger partial charge in [0, 0.05) is 17.5 Å². The quantitative estimate of drug-likeness (QED) is 0.458. The van der Waals surface area contributed by atoms with Gasteiger partial charge in [0.25, 0.3) is 0 Å². The van der Waals surface area contributed by atoms with E-state index >= 15 is 0 Å². The molecule has 6 nitrogen and oxygen atoms in total. The number of aliphatic carboxylic acids is 1. The summed E-state index contributed by atoms with van der Waals surface area (Å²) < 4.78 is 48.5. The number of rotatable bonds is 6. The summed E-state index contributed by atoms with van der Waals surface area (Å²) in [6.45, 7) is 2.15. The zero-order chi connectivity index (χ0) is 25.4. The molecule has 2 saturated heterocycles. The minimum Gasteiger partial charge on any atom is -0.490 e. The molecule has 36 heavy (non-hydrogen) atoms. The number of pyridine rings is 1. The van der Waals surface area contributed by atoms with Gasteiger partial charge in [0.15, 0.2) is 0 Å². The van der Waals surface area contributed by atoms with Gasteiger partial charge in [-0.1, -0.05) is 19.8 Å². The molecule has 1 saturated carbocycles. The number of ether oxygens (including phenoxy) is 1. The molecule has 3 heterocycles. The predicted octanol–water partition coefficient (Wildman–Crippen LogP) is 6.65. The Hall–Kier alpha value is -2.55. The molecule has 2 unspecified atom stereocenters. The molecular formula is C27H34F3N3O3. The number of nitrogens with zero attached hydrogens (tertiary/aromatic N) is 2. The first-order valence-corrected chi connectivity index (χ1v) is 13.2. The van der Waals surface area contributed by atoms with Crippen molar-refractivity contribution in [3.05, 3.63) is 29.8 Å². The van der Waals surface area contributed by atoms with E-state index in [1.54, 1.807) is 12.1 Å². The third-order valence-corrected chi connectivity index (χ3v) is 8.35. The van der Waals surface area contributed by atoms with Crippen molar-refractivity contribution in [3.8, 4) is 5.75 Å². The van der Waals surface area contributed by atoms with Crippen LogP contribution in [0.1, 0.15) is 76.7 Å². The topological polar surface area (TPSA) is 74.7 Å². The monoisotopic (exact) mass is 505 g/mol. The first-order valence-electron chi connectivity index (χ1n) is 13.2. The maximum atomic E-state index is 14.2. The number of hydrogen-bond acceptors (Lipinski definition) is 5. The zero-order valence-electron chi connectivity index (χ0n) is 20.6. The van der Waals surface area contributed by atoms with E-state index < -0.39 is 17.7 Å². The maximum absolute atomic E-state index is 14.2. The fraction of sp³-hybridized carbons (Fsp3) is 0.630. The van der Waals surface area contributed by atoms with Crippen molar-refractivity contribution in [2.24, 2.45) is 11.8 Å². The number of alkyl halides is 3. The molecule has 0 spiro atoms. The molecule has 1 aromatic heterocycles. The standard InChI is InChI=1S/C27H34F3N3O3/c1-2-16-6-8-20(9-7-16)36-23-12-11-22-21(25(23)27(28,29)30)10-13-24(31-22)32-33-18-4-3-5-19(33)15-17(14-18)26(34)35/h10-13,16-20H,2-9,14-15H2,1H3,(H,31,32)(H,34,35). The van der Waals surface area contributed by atoms with Crippen LogP contribution in [0.4, 0.5) is 19.0 Å². The third kappa shape index (κ3) is 5.12.